The zero-order valence-corrected chi connectivity index (χ0v) is 20.8. The highest BCUT2D eigenvalue weighted by Crippen LogP contribution is 2.47. The Morgan fingerprint density at radius 3 is 2.25 bits per heavy atom. The van der Waals surface area contributed by atoms with Crippen molar-refractivity contribution < 1.29 is 27.9 Å². The maximum Gasteiger partial charge on any atom is 0.418 e. The van der Waals surface area contributed by atoms with Crippen LogP contribution in [0.5, 0.6) is 0 Å². The standard InChI is InChI=1S/C26H35F3N4O3/c1-18-3-2-11-32(18)19-6-12-30(13-7-19)20-4-5-22(21(17-20)26(27,28)29)33-16-10-25(23(33)34)8-14-31(15-9-25)24(35)36/h4-5,17-19H,2-3,6-16H2,1H3,(H,35,36)/t18-/m0/s1. The van der Waals surface area contributed by atoms with E-state index in [0.29, 0.717) is 37.0 Å². The minimum atomic E-state index is -4.59. The molecule has 10 heteroatoms. The van der Waals surface area contributed by atoms with E-state index in [1.54, 1.807) is 6.07 Å². The average molecular weight is 509 g/mol. The molecular weight excluding hydrogens is 473 g/mol. The van der Waals surface area contributed by atoms with Gasteiger partial charge in [-0.1, -0.05) is 0 Å². The maximum absolute atomic E-state index is 14.2. The van der Waals surface area contributed by atoms with Crippen LogP contribution in [0.15, 0.2) is 18.2 Å². The topological polar surface area (TPSA) is 67.3 Å². The Labute approximate surface area is 209 Å². The van der Waals surface area contributed by atoms with Crippen molar-refractivity contribution in [2.24, 2.45) is 5.41 Å². The van der Waals surface area contributed by atoms with Crippen molar-refractivity contribution >= 4 is 23.4 Å². The first kappa shape index (κ1) is 25.2. The minimum Gasteiger partial charge on any atom is -0.465 e. The van der Waals surface area contributed by atoms with E-state index in [2.05, 4.69) is 11.8 Å². The van der Waals surface area contributed by atoms with Crippen LogP contribution in [0.3, 0.4) is 0 Å². The summed E-state index contributed by atoms with van der Waals surface area (Å²) in [4.78, 5) is 31.8. The quantitative estimate of drug-likeness (QED) is 0.644. The van der Waals surface area contributed by atoms with Gasteiger partial charge in [0.05, 0.1) is 16.7 Å². The van der Waals surface area contributed by atoms with Crippen molar-refractivity contribution in [2.75, 3.05) is 49.1 Å². The summed E-state index contributed by atoms with van der Waals surface area (Å²) in [7, 11) is 0. The normalized spacial score (nSPS) is 25.8. The molecule has 1 aromatic carbocycles. The Bertz CT molecular complexity index is 1000. The smallest absolute Gasteiger partial charge is 0.418 e. The van der Waals surface area contributed by atoms with Crippen molar-refractivity contribution in [3.8, 4) is 0 Å². The van der Waals surface area contributed by atoms with Crippen LogP contribution >= 0.6 is 0 Å². The Hall–Kier alpha value is -2.49. The molecule has 0 radical (unpaired) electrons. The van der Waals surface area contributed by atoms with Crippen molar-refractivity contribution in [3.05, 3.63) is 23.8 Å². The number of carboxylic acid groups (broad SMARTS) is 1. The van der Waals surface area contributed by atoms with E-state index < -0.39 is 23.2 Å². The predicted octanol–water partition coefficient (Wildman–Crippen LogP) is 4.66. The third kappa shape index (κ3) is 4.53. The van der Waals surface area contributed by atoms with Gasteiger partial charge in [-0.15, -0.1) is 0 Å². The molecule has 4 aliphatic heterocycles. The zero-order valence-electron chi connectivity index (χ0n) is 20.8. The first-order valence-corrected chi connectivity index (χ1v) is 13.1. The summed E-state index contributed by atoms with van der Waals surface area (Å²) in [5, 5.41) is 9.21. The van der Waals surface area contributed by atoms with E-state index in [0.717, 1.165) is 32.5 Å². The Kier molecular flexibility index (Phi) is 6.59. The minimum absolute atomic E-state index is 0.0884. The van der Waals surface area contributed by atoms with Crippen LogP contribution < -0.4 is 9.80 Å². The number of likely N-dealkylation sites (tertiary alicyclic amines) is 2. The molecule has 0 aliphatic carbocycles. The molecule has 0 unspecified atom stereocenters. The molecule has 4 aliphatic rings. The summed E-state index contributed by atoms with van der Waals surface area (Å²) in [6, 6.07) is 5.45. The fourth-order valence-electron chi connectivity index (χ4n) is 6.78. The fourth-order valence-corrected chi connectivity index (χ4v) is 6.78. The lowest BCUT2D eigenvalue weighted by Gasteiger charge is -2.40. The lowest BCUT2D eigenvalue weighted by Crippen LogP contribution is -2.46. The number of benzene rings is 1. The molecule has 198 valence electrons. The van der Waals surface area contributed by atoms with Gasteiger partial charge in [0.1, 0.15) is 0 Å². The van der Waals surface area contributed by atoms with E-state index in [9.17, 15) is 27.9 Å². The summed E-state index contributed by atoms with van der Waals surface area (Å²) in [5.41, 5.74) is -1.09. The Morgan fingerprint density at radius 1 is 1.00 bits per heavy atom. The lowest BCUT2D eigenvalue weighted by molar-refractivity contribution is -0.137. The highest BCUT2D eigenvalue weighted by atomic mass is 19.4. The molecule has 2 amide bonds. The van der Waals surface area contributed by atoms with Crippen molar-refractivity contribution in [1.29, 1.82) is 0 Å². The van der Waals surface area contributed by atoms with Crippen molar-refractivity contribution in [1.82, 2.24) is 9.80 Å². The molecule has 0 bridgehead atoms. The van der Waals surface area contributed by atoms with Gasteiger partial charge >= 0.3 is 12.3 Å². The van der Waals surface area contributed by atoms with Crippen LogP contribution in [-0.4, -0.2) is 78.3 Å². The Balaban J connectivity index is 1.32. The number of halogens is 3. The van der Waals surface area contributed by atoms with Crippen LogP contribution in [0, 0.1) is 5.41 Å². The Morgan fingerprint density at radius 2 is 1.67 bits per heavy atom. The predicted molar refractivity (Wildman–Crippen MR) is 130 cm³/mol. The highest BCUT2D eigenvalue weighted by molar-refractivity contribution is 6.01. The number of piperidine rings is 2. The number of hydrogen-bond donors (Lipinski definition) is 1. The second-order valence-electron chi connectivity index (χ2n) is 10.9. The molecule has 4 heterocycles. The molecule has 5 rings (SSSR count). The number of alkyl halides is 3. The molecule has 36 heavy (non-hydrogen) atoms. The van der Waals surface area contributed by atoms with Gasteiger partial charge in [0.25, 0.3) is 0 Å². The number of carbonyl (C=O) groups is 2. The van der Waals surface area contributed by atoms with E-state index >= 15 is 0 Å². The number of anilines is 2. The van der Waals surface area contributed by atoms with Crippen LogP contribution in [0.25, 0.3) is 0 Å². The van der Waals surface area contributed by atoms with Crippen LogP contribution in [0.2, 0.25) is 0 Å². The highest BCUT2D eigenvalue weighted by Gasteiger charge is 2.50. The molecule has 1 spiro atoms. The van der Waals surface area contributed by atoms with E-state index in [-0.39, 0.29) is 31.2 Å². The van der Waals surface area contributed by atoms with Crippen LogP contribution in [0.4, 0.5) is 29.3 Å². The second kappa shape index (κ2) is 9.43. The van der Waals surface area contributed by atoms with Gasteiger partial charge in [-0.05, 0) is 76.6 Å². The van der Waals surface area contributed by atoms with E-state index in [1.165, 1.54) is 34.8 Å². The SMILES string of the molecule is C[C@H]1CCCN1C1CCN(c2ccc(N3CCC4(CCN(C(=O)O)CC4)C3=O)c(C(F)(F)F)c2)CC1. The monoisotopic (exact) mass is 508 g/mol. The molecule has 4 fully saturated rings. The fraction of sp³-hybridized carbons (Fsp3) is 0.692. The zero-order chi connectivity index (χ0) is 25.7. The largest absolute Gasteiger partial charge is 0.465 e. The third-order valence-electron chi connectivity index (χ3n) is 8.98. The summed E-state index contributed by atoms with van der Waals surface area (Å²) in [6.07, 6.45) is -0.171. The molecule has 7 nitrogen and oxygen atoms in total. The summed E-state index contributed by atoms with van der Waals surface area (Å²) < 4.78 is 42.7. The maximum atomic E-state index is 14.2. The third-order valence-corrected chi connectivity index (χ3v) is 8.98. The first-order chi connectivity index (χ1) is 17.1. The first-order valence-electron chi connectivity index (χ1n) is 13.1. The molecule has 1 atom stereocenters. The summed E-state index contributed by atoms with van der Waals surface area (Å²) in [6.45, 7) is 5.48. The van der Waals surface area contributed by atoms with Gasteiger partial charge < -0.3 is 19.8 Å². The van der Waals surface area contributed by atoms with Gasteiger partial charge in [-0.25, -0.2) is 4.79 Å². The van der Waals surface area contributed by atoms with Crippen LogP contribution in [-0.2, 0) is 11.0 Å². The van der Waals surface area contributed by atoms with Crippen LogP contribution in [0.1, 0.15) is 57.4 Å². The van der Waals surface area contributed by atoms with Gasteiger partial charge in [-0.2, -0.15) is 13.2 Å². The summed E-state index contributed by atoms with van der Waals surface area (Å²) in [5.74, 6) is -0.314. The second-order valence-corrected chi connectivity index (χ2v) is 10.9. The molecule has 1 aromatic rings. The lowest BCUT2D eigenvalue weighted by atomic mass is 9.77. The van der Waals surface area contributed by atoms with Gasteiger partial charge in [-0.3, -0.25) is 9.69 Å². The van der Waals surface area contributed by atoms with Crippen molar-refractivity contribution in [3.63, 3.8) is 0 Å². The van der Waals surface area contributed by atoms with E-state index in [4.69, 9.17) is 0 Å². The average Bonchev–Trinajstić information content (AvgIpc) is 3.42. The number of rotatable bonds is 3. The summed E-state index contributed by atoms with van der Waals surface area (Å²) >= 11 is 0. The number of nitrogens with zero attached hydrogens (tertiary/aromatic N) is 4. The number of carbonyl (C=O) groups excluding carboxylic acids is 1. The van der Waals surface area contributed by atoms with E-state index in [1.807, 2.05) is 4.90 Å². The van der Waals surface area contributed by atoms with Gasteiger partial charge in [0.2, 0.25) is 5.91 Å². The molecule has 4 saturated heterocycles. The van der Waals surface area contributed by atoms with Gasteiger partial charge in [0.15, 0.2) is 0 Å². The molecular formula is C26H35F3N4O3. The van der Waals surface area contributed by atoms with Crippen molar-refractivity contribution in [2.45, 2.75) is 70.1 Å². The molecule has 0 saturated carbocycles. The number of hydrogen-bond acceptors (Lipinski definition) is 4. The molecule has 1 N–H and O–H groups in total. The molecule has 0 aromatic heterocycles. The van der Waals surface area contributed by atoms with Gasteiger partial charge in [0, 0.05) is 50.5 Å². The number of amides is 2.